The molecule has 0 spiro atoms. The van der Waals surface area contributed by atoms with Crippen molar-refractivity contribution in [1.29, 1.82) is 0 Å². The van der Waals surface area contributed by atoms with Gasteiger partial charge in [-0.1, -0.05) is 5.11 Å². The smallest absolute Gasteiger partial charge is 0.266 e. The van der Waals surface area contributed by atoms with Crippen LogP contribution < -0.4 is 4.72 Å². The lowest BCUT2D eigenvalue weighted by Gasteiger charge is -1.91. The normalized spacial score (nSPS) is 15.1. The van der Waals surface area contributed by atoms with Crippen LogP contribution in [0.15, 0.2) is 15.4 Å². The molecule has 2 amide bonds. The van der Waals surface area contributed by atoms with Crippen molar-refractivity contribution < 1.29 is 18.0 Å². The van der Waals surface area contributed by atoms with Gasteiger partial charge in [0.25, 0.3) is 5.91 Å². The minimum atomic E-state index is -3.09. The molecule has 1 aliphatic heterocycles. The van der Waals surface area contributed by atoms with E-state index in [1.54, 1.807) is 0 Å². The molecule has 12 heavy (non-hydrogen) atoms. The highest BCUT2D eigenvalue weighted by atomic mass is 32.2. The van der Waals surface area contributed by atoms with Crippen LogP contribution in [0.4, 0.5) is 0 Å². The molecule has 0 atom stereocenters. The largest absolute Gasteiger partial charge is 0.323 e. The summed E-state index contributed by atoms with van der Waals surface area (Å²) in [5.41, 5.74) is -0.630. The Balaban J connectivity index is 2.73. The van der Waals surface area contributed by atoms with Crippen molar-refractivity contribution in [2.45, 2.75) is 0 Å². The van der Waals surface area contributed by atoms with E-state index >= 15 is 0 Å². The zero-order valence-electron chi connectivity index (χ0n) is 5.42. The van der Waals surface area contributed by atoms with Crippen molar-refractivity contribution in [2.75, 3.05) is 0 Å². The molecular formula is C3H2N4O4S. The molecule has 0 saturated carbocycles. The Morgan fingerprint density at radius 3 is 2.50 bits per heavy atom. The molecule has 1 heterocycles. The number of hydrogen-bond donors (Lipinski definition) is 2. The Hall–Kier alpha value is -1.64. The molecule has 1 rings (SSSR count). The summed E-state index contributed by atoms with van der Waals surface area (Å²) in [5, 5.41) is 8.77. The highest BCUT2D eigenvalue weighted by Gasteiger charge is 2.24. The second kappa shape index (κ2) is 3.17. The molecule has 0 aromatic heterocycles. The fourth-order valence-electron chi connectivity index (χ4n) is 0.476. The van der Waals surface area contributed by atoms with Crippen LogP contribution in [0.1, 0.15) is 0 Å². The zero-order valence-corrected chi connectivity index (χ0v) is 6.32. The summed E-state index contributed by atoms with van der Waals surface area (Å²) in [4.78, 5) is 21.2. The van der Waals surface area contributed by atoms with Crippen LogP contribution in [0.3, 0.4) is 0 Å². The predicted molar refractivity (Wildman–Crippen MR) is 35.8 cm³/mol. The molecule has 0 unspecified atom stereocenters. The first-order valence-electron chi connectivity index (χ1n) is 2.59. The van der Waals surface area contributed by atoms with Crippen LogP contribution in [0.2, 0.25) is 0 Å². The topological polar surface area (TPSA) is 117 Å². The van der Waals surface area contributed by atoms with Gasteiger partial charge in [0, 0.05) is 0 Å². The number of amides is 2. The SMILES string of the molecule is O=C1N=NN=C1C(=O)N[SH](=O)=O. The molecule has 0 fully saturated rings. The summed E-state index contributed by atoms with van der Waals surface area (Å²) in [5.74, 6) is -2.08. The van der Waals surface area contributed by atoms with Gasteiger partial charge in [0.05, 0.1) is 0 Å². The standard InChI is InChI=1S/C3H2N4O4S/c8-2-1(4-7-5-2)3(9)6-12(10)11/h12H,(H,6,9,10,11). The Labute approximate surface area is 67.4 Å². The summed E-state index contributed by atoms with van der Waals surface area (Å²) in [6.45, 7) is 0. The quantitative estimate of drug-likeness (QED) is 0.488. The van der Waals surface area contributed by atoms with E-state index < -0.39 is 28.4 Å². The van der Waals surface area contributed by atoms with E-state index in [1.165, 1.54) is 4.72 Å². The van der Waals surface area contributed by atoms with Crippen LogP contribution in [-0.4, -0.2) is 25.9 Å². The summed E-state index contributed by atoms with van der Waals surface area (Å²) in [6.07, 6.45) is 0. The van der Waals surface area contributed by atoms with E-state index in [2.05, 4.69) is 15.4 Å². The number of rotatable bonds is 2. The average Bonchev–Trinajstić information content (AvgIpc) is 2.33. The van der Waals surface area contributed by atoms with Crippen LogP contribution >= 0.6 is 0 Å². The molecule has 1 aliphatic rings. The van der Waals surface area contributed by atoms with Gasteiger partial charge in [0.2, 0.25) is 16.6 Å². The molecule has 0 aromatic rings. The van der Waals surface area contributed by atoms with E-state index in [0.717, 1.165) is 0 Å². The maximum atomic E-state index is 10.7. The van der Waals surface area contributed by atoms with Crippen molar-refractivity contribution in [3.63, 3.8) is 0 Å². The number of nitrogens with one attached hydrogen (secondary N) is 1. The number of thiol groups is 1. The number of carbonyl (C=O) groups excluding carboxylic acids is 2. The van der Waals surface area contributed by atoms with Crippen LogP contribution in [0, 0.1) is 0 Å². The molecular weight excluding hydrogens is 188 g/mol. The molecule has 0 bridgehead atoms. The number of carbonyl (C=O) groups is 2. The van der Waals surface area contributed by atoms with Gasteiger partial charge in [-0.05, 0) is 5.22 Å². The molecule has 0 saturated heterocycles. The summed E-state index contributed by atoms with van der Waals surface area (Å²) in [6, 6.07) is 0. The van der Waals surface area contributed by atoms with Gasteiger partial charge < -0.3 is 0 Å². The second-order valence-corrected chi connectivity index (χ2v) is 2.38. The van der Waals surface area contributed by atoms with E-state index in [0.29, 0.717) is 0 Å². The maximum Gasteiger partial charge on any atom is 0.323 e. The molecule has 0 radical (unpaired) electrons. The van der Waals surface area contributed by atoms with Crippen molar-refractivity contribution in [2.24, 2.45) is 15.4 Å². The van der Waals surface area contributed by atoms with Gasteiger partial charge in [0.1, 0.15) is 0 Å². The Bertz CT molecular complexity index is 358. The molecule has 0 aromatic carbocycles. The van der Waals surface area contributed by atoms with E-state index in [-0.39, 0.29) is 0 Å². The average molecular weight is 190 g/mol. The van der Waals surface area contributed by atoms with E-state index in [1.807, 2.05) is 0 Å². The lowest BCUT2D eigenvalue weighted by molar-refractivity contribution is -0.116. The van der Waals surface area contributed by atoms with Gasteiger partial charge in [-0.3, -0.25) is 9.59 Å². The monoisotopic (exact) mass is 190 g/mol. The summed E-state index contributed by atoms with van der Waals surface area (Å²) in [7, 11) is -3.09. The van der Waals surface area contributed by atoms with Crippen molar-refractivity contribution in [3.05, 3.63) is 0 Å². The van der Waals surface area contributed by atoms with E-state index in [4.69, 9.17) is 0 Å². The van der Waals surface area contributed by atoms with Crippen molar-refractivity contribution >= 4 is 28.4 Å². The van der Waals surface area contributed by atoms with Gasteiger partial charge >= 0.3 is 5.91 Å². The third-order valence-corrected chi connectivity index (χ3v) is 1.28. The third kappa shape index (κ3) is 1.69. The van der Waals surface area contributed by atoms with E-state index in [9.17, 15) is 18.0 Å². The first kappa shape index (κ1) is 8.46. The number of nitrogens with zero attached hydrogens (tertiary/aromatic N) is 3. The number of hydrogen-bond acceptors (Lipinski definition) is 6. The fraction of sp³-hybridized carbons (Fsp3) is 0. The summed E-state index contributed by atoms with van der Waals surface area (Å²) >= 11 is 0. The highest BCUT2D eigenvalue weighted by molar-refractivity contribution is 7.71. The fourth-order valence-corrected chi connectivity index (χ4v) is 0.748. The van der Waals surface area contributed by atoms with Gasteiger partial charge in [-0.2, -0.15) is 0 Å². The molecule has 8 nitrogen and oxygen atoms in total. The minimum Gasteiger partial charge on any atom is -0.266 e. The van der Waals surface area contributed by atoms with Crippen LogP contribution in [-0.2, 0) is 20.5 Å². The molecule has 0 aliphatic carbocycles. The third-order valence-electron chi connectivity index (χ3n) is 0.891. The maximum absolute atomic E-state index is 10.7. The lowest BCUT2D eigenvalue weighted by atomic mass is 10.3. The predicted octanol–water partition coefficient (Wildman–Crippen LogP) is -2.02. The molecule has 9 heteroatoms. The van der Waals surface area contributed by atoms with Crippen molar-refractivity contribution in [1.82, 2.24) is 4.72 Å². The minimum absolute atomic E-state index is 0.630. The molecule has 64 valence electrons. The Morgan fingerprint density at radius 2 is 2.08 bits per heavy atom. The van der Waals surface area contributed by atoms with Gasteiger partial charge in [-0.25, -0.2) is 13.1 Å². The molecule has 1 N–H and O–H groups in total. The summed E-state index contributed by atoms with van der Waals surface area (Å²) < 4.78 is 21.4. The van der Waals surface area contributed by atoms with Gasteiger partial charge in [-0.15, -0.1) is 5.10 Å². The lowest BCUT2D eigenvalue weighted by Crippen LogP contribution is -2.32. The first-order chi connectivity index (χ1) is 5.61. The first-order valence-corrected chi connectivity index (χ1v) is 3.77. The Kier molecular flexibility index (Phi) is 2.24. The van der Waals surface area contributed by atoms with Crippen LogP contribution in [0.25, 0.3) is 0 Å². The second-order valence-electron chi connectivity index (χ2n) is 1.64. The van der Waals surface area contributed by atoms with Gasteiger partial charge in [0.15, 0.2) is 0 Å². The van der Waals surface area contributed by atoms with Crippen molar-refractivity contribution in [3.8, 4) is 0 Å². The van der Waals surface area contributed by atoms with Crippen LogP contribution in [0.5, 0.6) is 0 Å². The zero-order chi connectivity index (χ0) is 9.14. The highest BCUT2D eigenvalue weighted by Crippen LogP contribution is 1.96. The Morgan fingerprint density at radius 1 is 1.42 bits per heavy atom.